The Morgan fingerprint density at radius 3 is 2.25 bits per heavy atom. The van der Waals surface area contributed by atoms with E-state index in [4.69, 9.17) is 0 Å². The Kier molecular flexibility index (Phi) is 4.19. The van der Waals surface area contributed by atoms with E-state index in [1.165, 1.54) is 4.48 Å². The quantitative estimate of drug-likeness (QED) is 0.623. The minimum atomic E-state index is 0.997. The van der Waals surface area contributed by atoms with E-state index < -0.39 is 0 Å². The van der Waals surface area contributed by atoms with Gasteiger partial charge in [-0.1, -0.05) is 22.0 Å². The first kappa shape index (κ1) is 8.18. The van der Waals surface area contributed by atoms with Gasteiger partial charge in [0, 0.05) is 11.0 Å². The van der Waals surface area contributed by atoms with Crippen molar-refractivity contribution < 1.29 is 0 Å². The number of allylic oxidation sites excluding steroid dienone is 1. The first-order chi connectivity index (χ1) is 3.66. The summed E-state index contributed by atoms with van der Waals surface area (Å²) in [5.41, 5.74) is 0. The van der Waals surface area contributed by atoms with Gasteiger partial charge in [0.15, 0.2) is 0 Å². The molecule has 2 heteroatoms. The lowest BCUT2D eigenvalue weighted by molar-refractivity contribution is 0.454. The van der Waals surface area contributed by atoms with Crippen LogP contribution in [0, 0.1) is 0 Å². The van der Waals surface area contributed by atoms with Crippen LogP contribution < -0.4 is 0 Å². The summed E-state index contributed by atoms with van der Waals surface area (Å²) >= 11 is 3.40. The summed E-state index contributed by atoms with van der Waals surface area (Å²) in [6, 6.07) is 0. The van der Waals surface area contributed by atoms with E-state index in [1.54, 1.807) is 0 Å². The monoisotopic (exact) mass is 177 g/mol. The molecule has 0 aromatic rings. The van der Waals surface area contributed by atoms with Crippen LogP contribution in [0.25, 0.3) is 0 Å². The Hall–Kier alpha value is 0.180. The molecule has 0 amide bonds. The molecule has 0 aliphatic heterocycles. The molecule has 0 bridgehead atoms. The highest BCUT2D eigenvalue weighted by molar-refractivity contribution is 9.11. The molecule has 0 unspecified atom stereocenters. The maximum Gasteiger partial charge on any atom is 0.0290 e. The van der Waals surface area contributed by atoms with E-state index >= 15 is 0 Å². The normalized spacial score (nSPS) is 12.9. The summed E-state index contributed by atoms with van der Waals surface area (Å²) in [5, 5.41) is 0. The molecule has 0 radical (unpaired) electrons. The van der Waals surface area contributed by atoms with Crippen LogP contribution in [0.2, 0.25) is 0 Å². The summed E-state index contributed by atoms with van der Waals surface area (Å²) in [4.78, 5) is 2.12. The first-order valence-electron chi connectivity index (χ1n) is 2.62. The number of halogens is 1. The van der Waals surface area contributed by atoms with Gasteiger partial charge in [0.25, 0.3) is 0 Å². The summed E-state index contributed by atoms with van der Waals surface area (Å²) in [6.07, 6.45) is 2.06. The predicted octanol–water partition coefficient (Wildman–Crippen LogP) is 1.85. The maximum atomic E-state index is 3.40. The highest BCUT2D eigenvalue weighted by atomic mass is 79.9. The molecule has 0 N–H and O–H groups in total. The van der Waals surface area contributed by atoms with Gasteiger partial charge < -0.3 is 4.90 Å². The Labute approximate surface area is 59.5 Å². The molecule has 0 aliphatic rings. The SMILES string of the molecule is C/C=C(\Br)CN(C)C. The smallest absolute Gasteiger partial charge is 0.0290 e. The van der Waals surface area contributed by atoms with E-state index in [0.29, 0.717) is 0 Å². The topological polar surface area (TPSA) is 3.24 Å². The average Bonchev–Trinajstić information content (AvgIpc) is 1.65. The van der Waals surface area contributed by atoms with Crippen LogP contribution >= 0.6 is 15.9 Å². The van der Waals surface area contributed by atoms with Gasteiger partial charge in [0.1, 0.15) is 0 Å². The largest absolute Gasteiger partial charge is 0.305 e. The molecule has 0 atom stereocenters. The third-order valence-corrected chi connectivity index (χ3v) is 1.49. The molecule has 0 saturated heterocycles. The van der Waals surface area contributed by atoms with Crippen LogP contribution in [0.1, 0.15) is 6.92 Å². The number of nitrogens with zero attached hydrogens (tertiary/aromatic N) is 1. The number of likely N-dealkylation sites (N-methyl/N-ethyl adjacent to an activating group) is 1. The summed E-state index contributed by atoms with van der Waals surface area (Å²) in [5.74, 6) is 0. The van der Waals surface area contributed by atoms with E-state index in [2.05, 4.69) is 26.9 Å². The van der Waals surface area contributed by atoms with Crippen LogP contribution in [0.3, 0.4) is 0 Å². The highest BCUT2D eigenvalue weighted by Crippen LogP contribution is 2.03. The zero-order valence-electron chi connectivity index (χ0n) is 5.61. The van der Waals surface area contributed by atoms with Gasteiger partial charge in [-0.05, 0) is 21.0 Å². The molecule has 0 heterocycles. The van der Waals surface area contributed by atoms with Crippen molar-refractivity contribution in [1.29, 1.82) is 0 Å². The Morgan fingerprint density at radius 1 is 1.62 bits per heavy atom. The van der Waals surface area contributed by atoms with Crippen LogP contribution in [-0.2, 0) is 0 Å². The molecule has 0 aliphatic carbocycles. The molecular formula is C6H12BrN. The fourth-order valence-corrected chi connectivity index (χ4v) is 0.895. The van der Waals surface area contributed by atoms with Crippen molar-refractivity contribution in [3.63, 3.8) is 0 Å². The van der Waals surface area contributed by atoms with Crippen molar-refractivity contribution in [3.05, 3.63) is 10.6 Å². The van der Waals surface area contributed by atoms with Crippen molar-refractivity contribution in [3.8, 4) is 0 Å². The number of rotatable bonds is 2. The molecule has 0 aromatic carbocycles. The average molecular weight is 178 g/mol. The van der Waals surface area contributed by atoms with E-state index in [-0.39, 0.29) is 0 Å². The Balaban J connectivity index is 3.39. The summed E-state index contributed by atoms with van der Waals surface area (Å²) in [7, 11) is 4.09. The Bertz CT molecular complexity index is 86.5. The third kappa shape index (κ3) is 4.34. The zero-order valence-corrected chi connectivity index (χ0v) is 7.20. The van der Waals surface area contributed by atoms with Gasteiger partial charge in [-0.25, -0.2) is 0 Å². The van der Waals surface area contributed by atoms with Crippen LogP contribution in [-0.4, -0.2) is 25.5 Å². The summed E-state index contributed by atoms with van der Waals surface area (Å²) in [6.45, 7) is 3.02. The number of hydrogen-bond acceptors (Lipinski definition) is 1. The van der Waals surface area contributed by atoms with E-state index in [0.717, 1.165) is 6.54 Å². The fourth-order valence-electron chi connectivity index (χ4n) is 0.393. The second kappa shape index (κ2) is 4.10. The lowest BCUT2D eigenvalue weighted by Gasteiger charge is -2.06. The van der Waals surface area contributed by atoms with Crippen LogP contribution in [0.4, 0.5) is 0 Å². The molecule has 0 spiro atoms. The lowest BCUT2D eigenvalue weighted by Crippen LogP contribution is -2.12. The number of hydrogen-bond donors (Lipinski definition) is 0. The maximum absolute atomic E-state index is 3.40. The van der Waals surface area contributed by atoms with Gasteiger partial charge >= 0.3 is 0 Å². The minimum Gasteiger partial charge on any atom is -0.305 e. The molecule has 0 aromatic heterocycles. The van der Waals surface area contributed by atoms with Gasteiger partial charge in [-0.15, -0.1) is 0 Å². The highest BCUT2D eigenvalue weighted by Gasteiger charge is 1.89. The second-order valence-corrected chi connectivity index (χ2v) is 2.99. The van der Waals surface area contributed by atoms with Gasteiger partial charge in [0.2, 0.25) is 0 Å². The predicted molar refractivity (Wildman–Crippen MR) is 41.2 cm³/mol. The van der Waals surface area contributed by atoms with Gasteiger partial charge in [-0.2, -0.15) is 0 Å². The van der Waals surface area contributed by atoms with Crippen molar-refractivity contribution in [2.75, 3.05) is 20.6 Å². The molecular weight excluding hydrogens is 166 g/mol. The molecule has 8 heavy (non-hydrogen) atoms. The summed E-state index contributed by atoms with van der Waals surface area (Å²) < 4.78 is 1.24. The van der Waals surface area contributed by atoms with Gasteiger partial charge in [0.05, 0.1) is 0 Å². The van der Waals surface area contributed by atoms with Crippen molar-refractivity contribution in [1.82, 2.24) is 4.90 Å². The first-order valence-corrected chi connectivity index (χ1v) is 3.41. The van der Waals surface area contributed by atoms with Gasteiger partial charge in [-0.3, -0.25) is 0 Å². The molecule has 48 valence electrons. The lowest BCUT2D eigenvalue weighted by atomic mass is 10.5. The molecule has 0 fully saturated rings. The molecule has 0 rings (SSSR count). The standard InChI is InChI=1S/C6H12BrN/c1-4-6(7)5-8(2)3/h4H,5H2,1-3H3/b6-4-. The Morgan fingerprint density at radius 2 is 2.12 bits per heavy atom. The van der Waals surface area contributed by atoms with E-state index in [1.807, 2.05) is 21.0 Å². The van der Waals surface area contributed by atoms with Crippen LogP contribution in [0.5, 0.6) is 0 Å². The van der Waals surface area contributed by atoms with Crippen molar-refractivity contribution >= 4 is 15.9 Å². The fraction of sp³-hybridized carbons (Fsp3) is 0.667. The second-order valence-electron chi connectivity index (χ2n) is 1.97. The van der Waals surface area contributed by atoms with Crippen molar-refractivity contribution in [2.24, 2.45) is 0 Å². The minimum absolute atomic E-state index is 0.997. The zero-order chi connectivity index (χ0) is 6.57. The van der Waals surface area contributed by atoms with Crippen LogP contribution in [0.15, 0.2) is 10.6 Å². The van der Waals surface area contributed by atoms with E-state index in [9.17, 15) is 0 Å². The molecule has 1 nitrogen and oxygen atoms in total. The molecule has 0 saturated carbocycles. The van der Waals surface area contributed by atoms with Crippen molar-refractivity contribution in [2.45, 2.75) is 6.92 Å². The third-order valence-electron chi connectivity index (χ3n) is 0.781.